The van der Waals surface area contributed by atoms with Crippen molar-refractivity contribution in [1.29, 1.82) is 0 Å². The second-order valence-corrected chi connectivity index (χ2v) is 3.30. The van der Waals surface area contributed by atoms with Crippen LogP contribution in [0.4, 0.5) is 5.82 Å². The summed E-state index contributed by atoms with van der Waals surface area (Å²) in [6.07, 6.45) is 5.35. The van der Waals surface area contributed by atoms with Crippen LogP contribution in [0.25, 0.3) is 0 Å². The lowest BCUT2D eigenvalue weighted by Gasteiger charge is -2.00. The maximum absolute atomic E-state index is 5.76. The van der Waals surface area contributed by atoms with E-state index < -0.39 is 0 Å². The molecule has 0 saturated heterocycles. The first-order valence-electron chi connectivity index (χ1n) is 4.21. The molecule has 74 valence electrons. The van der Waals surface area contributed by atoms with Gasteiger partial charge in [-0.15, -0.1) is 0 Å². The monoisotopic (exact) mass is 211 g/mol. The second kappa shape index (κ2) is 3.71. The maximum Gasteiger partial charge on any atom is 0.164 e. The Kier molecular flexibility index (Phi) is 2.41. The van der Waals surface area contributed by atoms with Crippen molar-refractivity contribution in [2.45, 2.75) is 13.1 Å². The number of halogens is 1. The minimum atomic E-state index is 0.368. The molecule has 0 saturated carbocycles. The summed E-state index contributed by atoms with van der Waals surface area (Å²) < 4.78 is 3.53. The molecule has 0 fully saturated rings. The molecular weight excluding hydrogens is 202 g/mol. The van der Waals surface area contributed by atoms with Crippen molar-refractivity contribution in [2.24, 2.45) is 0 Å². The minimum Gasteiger partial charge on any atom is -0.381 e. The van der Waals surface area contributed by atoms with Crippen LogP contribution in [0.1, 0.15) is 0 Å². The number of nitrogens with two attached hydrogens (primary N) is 1. The quantitative estimate of drug-likeness (QED) is 0.825. The third kappa shape index (κ3) is 1.88. The van der Waals surface area contributed by atoms with Crippen LogP contribution in [0, 0.1) is 0 Å². The van der Waals surface area contributed by atoms with Crippen molar-refractivity contribution in [3.05, 3.63) is 29.7 Å². The van der Waals surface area contributed by atoms with Crippen molar-refractivity contribution in [3.8, 4) is 0 Å². The molecule has 0 aliphatic heterocycles. The van der Waals surface area contributed by atoms with Gasteiger partial charge in [0.15, 0.2) is 5.82 Å². The fourth-order valence-corrected chi connectivity index (χ4v) is 1.31. The Bertz CT molecular complexity index is 386. The predicted octanol–water partition coefficient (Wildman–Crippen LogP) is 1.02. The van der Waals surface area contributed by atoms with E-state index in [9.17, 15) is 0 Å². The van der Waals surface area contributed by atoms with Crippen molar-refractivity contribution in [1.82, 2.24) is 19.6 Å². The van der Waals surface area contributed by atoms with Crippen LogP contribution in [0.5, 0.6) is 0 Å². The van der Waals surface area contributed by atoms with E-state index in [1.54, 1.807) is 17.1 Å². The number of hydrogen-bond donors (Lipinski definition) is 1. The molecule has 2 rings (SSSR count). The number of rotatable bonds is 3. The van der Waals surface area contributed by atoms with E-state index in [4.69, 9.17) is 17.3 Å². The number of nitrogens with zero attached hydrogens (tertiary/aromatic N) is 4. The second-order valence-electron chi connectivity index (χ2n) is 2.89. The molecule has 0 amide bonds. The number of hydrogen-bond acceptors (Lipinski definition) is 3. The van der Waals surface area contributed by atoms with E-state index in [2.05, 4.69) is 10.2 Å². The maximum atomic E-state index is 5.76. The van der Waals surface area contributed by atoms with Gasteiger partial charge in [0.2, 0.25) is 0 Å². The van der Waals surface area contributed by atoms with Crippen molar-refractivity contribution in [3.63, 3.8) is 0 Å². The molecule has 0 bridgehead atoms. The van der Waals surface area contributed by atoms with Gasteiger partial charge in [-0.05, 0) is 6.07 Å². The van der Waals surface area contributed by atoms with Crippen LogP contribution < -0.4 is 5.73 Å². The average molecular weight is 212 g/mol. The van der Waals surface area contributed by atoms with Crippen LogP contribution in [0.2, 0.25) is 5.02 Å². The predicted molar refractivity (Wildman–Crippen MR) is 53.9 cm³/mol. The summed E-state index contributed by atoms with van der Waals surface area (Å²) in [7, 11) is 0. The molecule has 2 N–H and O–H groups in total. The van der Waals surface area contributed by atoms with Crippen molar-refractivity contribution < 1.29 is 0 Å². The lowest BCUT2D eigenvalue weighted by molar-refractivity contribution is 0.501. The molecule has 0 aliphatic carbocycles. The summed E-state index contributed by atoms with van der Waals surface area (Å²) in [5.74, 6) is 0.368. The molecule has 0 atom stereocenters. The van der Waals surface area contributed by atoms with Gasteiger partial charge in [0.25, 0.3) is 0 Å². The van der Waals surface area contributed by atoms with Gasteiger partial charge in [-0.3, -0.25) is 9.36 Å². The van der Waals surface area contributed by atoms with Crippen LogP contribution in [-0.4, -0.2) is 19.6 Å². The molecular formula is C8H10ClN5. The van der Waals surface area contributed by atoms with E-state index in [1.807, 2.05) is 16.9 Å². The van der Waals surface area contributed by atoms with Crippen molar-refractivity contribution in [2.75, 3.05) is 5.73 Å². The molecule has 2 aromatic heterocycles. The van der Waals surface area contributed by atoms with Gasteiger partial charge in [0, 0.05) is 18.6 Å². The van der Waals surface area contributed by atoms with Crippen LogP contribution >= 0.6 is 11.6 Å². The highest BCUT2D eigenvalue weighted by atomic mass is 35.5. The van der Waals surface area contributed by atoms with E-state index in [-0.39, 0.29) is 0 Å². The zero-order valence-corrected chi connectivity index (χ0v) is 8.22. The van der Waals surface area contributed by atoms with E-state index in [0.717, 1.165) is 6.54 Å². The molecule has 14 heavy (non-hydrogen) atoms. The summed E-state index contributed by atoms with van der Waals surface area (Å²) in [6.45, 7) is 1.46. The van der Waals surface area contributed by atoms with Crippen LogP contribution in [-0.2, 0) is 13.1 Å². The van der Waals surface area contributed by atoms with Gasteiger partial charge >= 0.3 is 0 Å². The summed E-state index contributed by atoms with van der Waals surface area (Å²) >= 11 is 5.76. The van der Waals surface area contributed by atoms with Crippen LogP contribution in [0.3, 0.4) is 0 Å². The van der Waals surface area contributed by atoms with E-state index in [1.165, 1.54) is 0 Å². The molecule has 6 heteroatoms. The van der Waals surface area contributed by atoms with Crippen molar-refractivity contribution >= 4 is 17.4 Å². The summed E-state index contributed by atoms with van der Waals surface area (Å²) in [5, 5.41) is 8.59. The summed E-state index contributed by atoms with van der Waals surface area (Å²) in [4.78, 5) is 0. The summed E-state index contributed by atoms with van der Waals surface area (Å²) in [5.41, 5.74) is 5.50. The smallest absolute Gasteiger partial charge is 0.164 e. The Morgan fingerprint density at radius 2 is 2.14 bits per heavy atom. The highest BCUT2D eigenvalue weighted by Gasteiger charge is 2.01. The topological polar surface area (TPSA) is 61.7 Å². The number of nitrogen functional groups attached to an aromatic ring is 1. The number of aryl methyl sites for hydroxylation is 2. The lowest BCUT2D eigenvalue weighted by Crippen LogP contribution is -2.08. The van der Waals surface area contributed by atoms with Gasteiger partial charge in [-0.2, -0.15) is 10.2 Å². The fraction of sp³-hybridized carbons (Fsp3) is 0.250. The number of anilines is 1. The molecule has 0 radical (unpaired) electrons. The Balaban J connectivity index is 1.98. The summed E-state index contributed by atoms with van der Waals surface area (Å²) in [6, 6.07) is 1.88. The van der Waals surface area contributed by atoms with Gasteiger partial charge in [-0.25, -0.2) is 0 Å². The van der Waals surface area contributed by atoms with Gasteiger partial charge in [-0.1, -0.05) is 11.6 Å². The first-order chi connectivity index (χ1) is 6.75. The Labute approximate surface area is 86.1 Å². The van der Waals surface area contributed by atoms with Gasteiger partial charge in [0.05, 0.1) is 13.1 Å². The first kappa shape index (κ1) is 9.08. The molecule has 0 aliphatic rings. The average Bonchev–Trinajstić information content (AvgIpc) is 2.74. The van der Waals surface area contributed by atoms with E-state index in [0.29, 0.717) is 17.4 Å². The van der Waals surface area contributed by atoms with Gasteiger partial charge < -0.3 is 5.73 Å². The first-order valence-corrected chi connectivity index (χ1v) is 4.59. The zero-order chi connectivity index (χ0) is 9.97. The number of aromatic nitrogens is 4. The van der Waals surface area contributed by atoms with Gasteiger partial charge in [0.1, 0.15) is 5.02 Å². The zero-order valence-electron chi connectivity index (χ0n) is 7.47. The molecule has 0 aromatic carbocycles. The SMILES string of the molecule is Nc1nn(CCn2cccn2)cc1Cl. The third-order valence-corrected chi connectivity index (χ3v) is 2.15. The molecule has 0 spiro atoms. The standard InChI is InChI=1S/C8H10ClN5/c9-7-6-14(12-8(7)10)5-4-13-3-1-2-11-13/h1-3,6H,4-5H2,(H2,10,12). The highest BCUT2D eigenvalue weighted by Crippen LogP contribution is 2.14. The Morgan fingerprint density at radius 1 is 1.36 bits per heavy atom. The Hall–Kier alpha value is -1.49. The fourth-order valence-electron chi connectivity index (χ4n) is 1.16. The third-order valence-electron chi connectivity index (χ3n) is 1.86. The minimum absolute atomic E-state index is 0.368. The molecule has 2 heterocycles. The largest absolute Gasteiger partial charge is 0.381 e. The normalized spacial score (nSPS) is 10.6. The van der Waals surface area contributed by atoms with E-state index >= 15 is 0 Å². The molecule has 0 unspecified atom stereocenters. The molecule has 5 nitrogen and oxygen atoms in total. The highest BCUT2D eigenvalue weighted by molar-refractivity contribution is 6.32. The van der Waals surface area contributed by atoms with Crippen LogP contribution in [0.15, 0.2) is 24.7 Å². The molecule has 2 aromatic rings. The lowest BCUT2D eigenvalue weighted by atomic mass is 10.6. The Morgan fingerprint density at radius 3 is 2.71 bits per heavy atom.